The largest absolute Gasteiger partial charge is 0.494 e. The summed E-state index contributed by atoms with van der Waals surface area (Å²) in [7, 11) is 2.94. The van der Waals surface area contributed by atoms with Crippen molar-refractivity contribution in [2.45, 2.75) is 33.5 Å². The molecule has 1 aliphatic heterocycles. The van der Waals surface area contributed by atoms with E-state index in [0.717, 1.165) is 5.57 Å². The molecule has 2 heterocycles. The van der Waals surface area contributed by atoms with Crippen molar-refractivity contribution >= 4 is 5.91 Å². The average molecular weight is 508 g/mol. The lowest BCUT2D eigenvalue weighted by Crippen LogP contribution is -2.52. The zero-order valence-corrected chi connectivity index (χ0v) is 21.8. The van der Waals surface area contributed by atoms with Crippen LogP contribution in [0.2, 0.25) is 0 Å². The van der Waals surface area contributed by atoms with E-state index in [1.807, 2.05) is 19.9 Å². The molecule has 0 spiro atoms. The number of amides is 1. The monoisotopic (exact) mass is 507 g/mol. The number of benzene rings is 1. The fourth-order valence-corrected chi connectivity index (χ4v) is 4.37. The summed E-state index contributed by atoms with van der Waals surface area (Å²) in [5.74, 6) is 0.0991. The number of carbonyl (C=O) groups excluding carboxylic acids is 1. The SMILES string of the molecule is COc1cccc(OC)c1-n1c(COC(C)C)nc(O)c(C(=O)N2CC(C3=CC=CC(C)C=C3)C2)c1=O. The van der Waals surface area contributed by atoms with E-state index in [4.69, 9.17) is 14.2 Å². The van der Waals surface area contributed by atoms with Crippen LogP contribution in [0.15, 0.2) is 58.9 Å². The Balaban J connectivity index is 1.73. The summed E-state index contributed by atoms with van der Waals surface area (Å²) in [4.78, 5) is 33.1. The number of aromatic nitrogens is 2. The van der Waals surface area contributed by atoms with Crippen LogP contribution in [-0.4, -0.2) is 58.9 Å². The summed E-state index contributed by atoms with van der Waals surface area (Å²) < 4.78 is 17.9. The Bertz CT molecular complexity index is 1300. The van der Waals surface area contributed by atoms with Crippen molar-refractivity contribution in [2.75, 3.05) is 27.3 Å². The maximum atomic E-state index is 13.9. The van der Waals surface area contributed by atoms with E-state index < -0.39 is 22.9 Å². The third-order valence-corrected chi connectivity index (χ3v) is 6.45. The van der Waals surface area contributed by atoms with Crippen molar-refractivity contribution < 1.29 is 24.1 Å². The maximum absolute atomic E-state index is 13.9. The van der Waals surface area contributed by atoms with E-state index in [1.54, 1.807) is 23.1 Å². The Morgan fingerprint density at radius 1 is 1.16 bits per heavy atom. The number of para-hydroxylation sites is 1. The molecule has 1 fully saturated rings. The van der Waals surface area contributed by atoms with Crippen molar-refractivity contribution in [2.24, 2.45) is 11.8 Å². The summed E-state index contributed by atoms with van der Waals surface area (Å²) in [6.45, 7) is 6.60. The summed E-state index contributed by atoms with van der Waals surface area (Å²) in [6.07, 6.45) is 10.2. The summed E-state index contributed by atoms with van der Waals surface area (Å²) in [6, 6.07) is 5.08. The van der Waals surface area contributed by atoms with Crippen LogP contribution in [0.25, 0.3) is 5.69 Å². The number of nitrogens with zero attached hydrogens (tertiary/aromatic N) is 3. The molecule has 1 unspecified atom stereocenters. The molecule has 0 radical (unpaired) electrons. The second-order valence-corrected chi connectivity index (χ2v) is 9.41. The third kappa shape index (κ3) is 5.32. The van der Waals surface area contributed by atoms with Gasteiger partial charge in [0.05, 0.1) is 20.3 Å². The average Bonchev–Trinajstić information content (AvgIpc) is 3.05. The quantitative estimate of drug-likeness (QED) is 0.582. The molecule has 1 aromatic carbocycles. The molecule has 0 saturated carbocycles. The number of likely N-dealkylation sites (tertiary alicyclic amines) is 1. The highest BCUT2D eigenvalue weighted by Gasteiger charge is 2.37. The number of hydrogen-bond acceptors (Lipinski definition) is 7. The van der Waals surface area contributed by atoms with Crippen LogP contribution in [0.5, 0.6) is 17.4 Å². The predicted molar refractivity (Wildman–Crippen MR) is 139 cm³/mol. The van der Waals surface area contributed by atoms with E-state index in [2.05, 4.69) is 36.2 Å². The lowest BCUT2D eigenvalue weighted by molar-refractivity contribution is 0.0540. The molecule has 4 rings (SSSR count). The van der Waals surface area contributed by atoms with Gasteiger partial charge in [0.1, 0.15) is 29.6 Å². The molecule has 1 atom stereocenters. The fourth-order valence-electron chi connectivity index (χ4n) is 4.37. The zero-order chi connectivity index (χ0) is 26.7. The minimum atomic E-state index is -0.726. The second kappa shape index (κ2) is 11.0. The number of methoxy groups -OCH3 is 2. The molecular weight excluding hydrogens is 474 g/mol. The Morgan fingerprint density at radius 3 is 2.46 bits per heavy atom. The number of carbonyl (C=O) groups is 1. The standard InChI is InChI=1S/C28H33N3O6/c1-17(2)37-16-23-29-26(32)24(28(34)31(23)25-21(35-4)10-7-11-22(25)36-5)27(33)30-14-20(15-30)19-9-6-8-18(3)12-13-19/h6-13,17-18,20,32H,14-16H2,1-5H3. The number of rotatable bonds is 8. The Kier molecular flexibility index (Phi) is 7.83. The van der Waals surface area contributed by atoms with Gasteiger partial charge in [-0.2, -0.15) is 4.98 Å². The van der Waals surface area contributed by atoms with Gasteiger partial charge in [-0.05, 0) is 37.5 Å². The molecule has 2 aliphatic rings. The molecule has 1 amide bonds. The van der Waals surface area contributed by atoms with Gasteiger partial charge in [0.15, 0.2) is 5.56 Å². The van der Waals surface area contributed by atoms with Gasteiger partial charge < -0.3 is 24.2 Å². The first-order chi connectivity index (χ1) is 17.7. The van der Waals surface area contributed by atoms with Crippen LogP contribution < -0.4 is 15.0 Å². The summed E-state index contributed by atoms with van der Waals surface area (Å²) in [5, 5.41) is 10.8. The molecule has 196 valence electrons. The van der Waals surface area contributed by atoms with Crippen LogP contribution in [0.1, 0.15) is 37.0 Å². The smallest absolute Gasteiger partial charge is 0.275 e. The van der Waals surface area contributed by atoms with Gasteiger partial charge in [-0.25, -0.2) is 0 Å². The van der Waals surface area contributed by atoms with Crippen LogP contribution >= 0.6 is 0 Å². The molecule has 1 aliphatic carbocycles. The Morgan fingerprint density at radius 2 is 1.84 bits per heavy atom. The van der Waals surface area contributed by atoms with Gasteiger partial charge in [0, 0.05) is 19.0 Å². The highest BCUT2D eigenvalue weighted by atomic mass is 16.5. The molecule has 1 saturated heterocycles. The van der Waals surface area contributed by atoms with E-state index in [9.17, 15) is 14.7 Å². The molecule has 9 nitrogen and oxygen atoms in total. The molecular formula is C28H33N3O6. The van der Waals surface area contributed by atoms with Crippen molar-refractivity contribution in [3.8, 4) is 23.1 Å². The first-order valence-electron chi connectivity index (χ1n) is 12.3. The highest BCUT2D eigenvalue weighted by molar-refractivity contribution is 5.96. The molecule has 1 aromatic heterocycles. The van der Waals surface area contributed by atoms with Crippen LogP contribution in [0.4, 0.5) is 0 Å². The highest BCUT2D eigenvalue weighted by Crippen LogP contribution is 2.34. The molecule has 2 aromatic rings. The fraction of sp³-hybridized carbons (Fsp3) is 0.393. The van der Waals surface area contributed by atoms with Crippen LogP contribution in [-0.2, 0) is 11.3 Å². The van der Waals surface area contributed by atoms with Crippen molar-refractivity contribution in [3.05, 3.63) is 75.9 Å². The zero-order valence-electron chi connectivity index (χ0n) is 21.8. The van der Waals surface area contributed by atoms with Crippen LogP contribution in [0, 0.1) is 11.8 Å². The first-order valence-corrected chi connectivity index (χ1v) is 12.3. The van der Waals surface area contributed by atoms with E-state index in [0.29, 0.717) is 30.5 Å². The van der Waals surface area contributed by atoms with E-state index in [1.165, 1.54) is 18.8 Å². The maximum Gasteiger partial charge on any atom is 0.275 e. The molecule has 37 heavy (non-hydrogen) atoms. The third-order valence-electron chi connectivity index (χ3n) is 6.45. The van der Waals surface area contributed by atoms with Crippen molar-refractivity contribution in [3.63, 3.8) is 0 Å². The lowest BCUT2D eigenvalue weighted by atomic mass is 9.90. The Hall–Kier alpha value is -3.85. The minimum absolute atomic E-state index is 0.0750. The topological polar surface area (TPSA) is 103 Å². The van der Waals surface area contributed by atoms with Gasteiger partial charge in [-0.3, -0.25) is 14.2 Å². The normalized spacial score (nSPS) is 17.4. The van der Waals surface area contributed by atoms with E-state index >= 15 is 0 Å². The predicted octanol–water partition coefficient (Wildman–Crippen LogP) is 3.64. The minimum Gasteiger partial charge on any atom is -0.494 e. The molecule has 0 bridgehead atoms. The Labute approximate surface area is 216 Å². The number of allylic oxidation sites excluding steroid dienone is 5. The molecule has 1 N–H and O–H groups in total. The van der Waals surface area contributed by atoms with Gasteiger partial charge in [0.25, 0.3) is 11.5 Å². The second-order valence-electron chi connectivity index (χ2n) is 9.41. The summed E-state index contributed by atoms with van der Waals surface area (Å²) >= 11 is 0. The number of ether oxygens (including phenoxy) is 3. The van der Waals surface area contributed by atoms with E-state index in [-0.39, 0.29) is 30.1 Å². The summed E-state index contributed by atoms with van der Waals surface area (Å²) in [5.41, 5.74) is 0.275. The van der Waals surface area contributed by atoms with Gasteiger partial charge in [-0.15, -0.1) is 0 Å². The first kappa shape index (κ1) is 26.2. The van der Waals surface area contributed by atoms with Gasteiger partial charge in [0.2, 0.25) is 5.88 Å². The molecule has 9 heteroatoms. The lowest BCUT2D eigenvalue weighted by Gasteiger charge is -2.40. The van der Waals surface area contributed by atoms with Crippen molar-refractivity contribution in [1.29, 1.82) is 0 Å². The number of aromatic hydroxyl groups is 1. The van der Waals surface area contributed by atoms with Crippen LogP contribution in [0.3, 0.4) is 0 Å². The number of hydrogen-bond donors (Lipinski definition) is 1. The van der Waals surface area contributed by atoms with Gasteiger partial charge >= 0.3 is 0 Å². The van der Waals surface area contributed by atoms with Crippen molar-refractivity contribution in [1.82, 2.24) is 14.5 Å². The van der Waals surface area contributed by atoms with Gasteiger partial charge in [-0.1, -0.05) is 43.4 Å².